The van der Waals surface area contributed by atoms with Crippen LogP contribution in [0.1, 0.15) is 119 Å². The first-order valence-corrected chi connectivity index (χ1v) is 31.2. The Labute approximate surface area is 370 Å². The van der Waals surface area contributed by atoms with E-state index in [0.717, 1.165) is 60.3 Å². The Morgan fingerprint density at radius 1 is 0.836 bits per heavy atom. The normalized spacial score (nSPS) is 36.5. The zero-order valence-corrected chi connectivity index (χ0v) is 42.9. The lowest BCUT2D eigenvalue weighted by Gasteiger charge is -2.70. The Bertz CT molecular complexity index is 1790. The van der Waals surface area contributed by atoms with Gasteiger partial charge in [-0.3, -0.25) is 4.79 Å². The maximum atomic E-state index is 15.1. The minimum Gasteiger partial charge on any atom is -0.455 e. The van der Waals surface area contributed by atoms with Crippen LogP contribution in [0.4, 0.5) is 0 Å². The molecule has 10 nitrogen and oxygen atoms in total. The van der Waals surface area contributed by atoms with Gasteiger partial charge in [-0.2, -0.15) is 0 Å². The van der Waals surface area contributed by atoms with Gasteiger partial charge in [0.15, 0.2) is 28.0 Å². The highest BCUT2D eigenvalue weighted by Gasteiger charge is 2.80. The zero-order chi connectivity index (χ0) is 44.6. The molecule has 13 heteroatoms. The molecule has 341 valence electrons. The quantitative estimate of drug-likeness (QED) is 0.0904. The van der Waals surface area contributed by atoms with Gasteiger partial charge in [-0.05, 0) is 106 Å². The number of benzene rings is 1. The Morgan fingerprint density at radius 2 is 1.43 bits per heavy atom. The highest BCUT2D eigenvalue weighted by Crippen LogP contribution is 2.69. The minimum atomic E-state index is -2.32. The predicted molar refractivity (Wildman–Crippen MR) is 244 cm³/mol. The number of fused-ring (bicyclic) bond motifs is 8. The van der Waals surface area contributed by atoms with Crippen LogP contribution < -0.4 is 0 Å². The van der Waals surface area contributed by atoms with Gasteiger partial charge in [0, 0.05) is 23.7 Å². The van der Waals surface area contributed by atoms with Gasteiger partial charge in [-0.1, -0.05) is 80.5 Å². The molecule has 1 radical (unpaired) electrons. The minimum absolute atomic E-state index is 0.157. The highest BCUT2D eigenvalue weighted by atomic mass is 28.4. The van der Waals surface area contributed by atoms with Crippen LogP contribution in [0, 0.1) is 22.7 Å². The van der Waals surface area contributed by atoms with Crippen LogP contribution in [-0.4, -0.2) is 97.8 Å². The number of carbonyl (C=O) groups excluding carboxylic acids is 2. The second kappa shape index (κ2) is 16.9. The zero-order valence-electron chi connectivity index (χ0n) is 39.9. The van der Waals surface area contributed by atoms with E-state index in [9.17, 15) is 4.79 Å². The van der Waals surface area contributed by atoms with E-state index >= 15 is 4.79 Å². The second-order valence-electron chi connectivity index (χ2n) is 20.7. The van der Waals surface area contributed by atoms with Crippen molar-refractivity contribution >= 4 is 37.6 Å². The van der Waals surface area contributed by atoms with Gasteiger partial charge in [0.2, 0.25) is 9.04 Å². The van der Waals surface area contributed by atoms with Crippen LogP contribution in [0.3, 0.4) is 0 Å². The number of hydrogen-bond donors (Lipinski definition) is 0. The molecule has 0 N–H and O–H groups in total. The van der Waals surface area contributed by atoms with E-state index in [1.54, 1.807) is 0 Å². The Morgan fingerprint density at radius 3 is 1.95 bits per heavy atom. The van der Waals surface area contributed by atoms with E-state index in [1.165, 1.54) is 0 Å². The molecule has 6 aliphatic rings. The Kier molecular flexibility index (Phi) is 13.1. The molecule has 2 saturated heterocycles. The van der Waals surface area contributed by atoms with Gasteiger partial charge < -0.3 is 37.0 Å². The number of hydrogen-bond acceptors (Lipinski definition) is 10. The highest BCUT2D eigenvalue weighted by molar-refractivity contribution is 6.74. The summed E-state index contributed by atoms with van der Waals surface area (Å²) >= 11 is 0. The predicted octanol–water partition coefficient (Wildman–Crippen LogP) is 10.4. The van der Waals surface area contributed by atoms with Crippen LogP contribution in [0.15, 0.2) is 41.5 Å². The van der Waals surface area contributed by atoms with Gasteiger partial charge in [-0.25, -0.2) is 4.79 Å². The lowest BCUT2D eigenvalue weighted by molar-refractivity contribution is -0.360. The summed E-state index contributed by atoms with van der Waals surface area (Å²) in [6.07, 6.45) is -0.688. The number of ether oxygens (including phenoxy) is 5. The number of rotatable bonds is 16. The molecule has 0 spiro atoms. The standard InChI is InChI=1S/C48H77O10Si3/c1-15-60(16-2,17-3)56-34-29-48(58-59(13)14)41(52-42(49)32-24-22-21-23-25-32)39-46(12,40-38(53-45(10,11)54-40)37(31(34)7)44(48,8)9)35(57-61(18-4,19-5)20-6)28-36-47(39,30-51-36)55-43(50)33-26-27-33/h21-25,33-36,38-41H,15-20,26-30H2,1-14H3/t34-,35-,36+,38+,39-,40+,41-,46+,47-,48+/m0/s1. The van der Waals surface area contributed by atoms with Crippen molar-refractivity contribution in [2.45, 2.75) is 212 Å². The molecule has 2 bridgehead atoms. The Balaban J connectivity index is 1.60. The first-order chi connectivity index (χ1) is 28.7. The third kappa shape index (κ3) is 7.67. The monoisotopic (exact) mass is 897 g/mol. The molecule has 5 fully saturated rings. The van der Waals surface area contributed by atoms with Crippen molar-refractivity contribution in [1.82, 2.24) is 0 Å². The lowest BCUT2D eigenvalue weighted by Crippen LogP contribution is -2.83. The van der Waals surface area contributed by atoms with Gasteiger partial charge in [0.1, 0.15) is 23.9 Å². The molecule has 2 aliphatic heterocycles. The van der Waals surface area contributed by atoms with Gasteiger partial charge >= 0.3 is 11.9 Å². The average molecular weight is 898 g/mol. The molecular weight excluding hydrogens is 821 g/mol. The molecule has 10 atom stereocenters. The molecule has 1 aromatic carbocycles. The molecule has 0 amide bonds. The van der Waals surface area contributed by atoms with E-state index in [0.29, 0.717) is 18.4 Å². The summed E-state index contributed by atoms with van der Waals surface area (Å²) in [6, 6.07) is 15.1. The van der Waals surface area contributed by atoms with Gasteiger partial charge in [-0.15, -0.1) is 0 Å². The van der Waals surface area contributed by atoms with E-state index in [1.807, 2.05) is 44.2 Å². The molecule has 0 unspecified atom stereocenters. The summed E-state index contributed by atoms with van der Waals surface area (Å²) in [7, 11) is -6.08. The van der Waals surface area contributed by atoms with Gasteiger partial charge in [0.05, 0.1) is 42.3 Å². The van der Waals surface area contributed by atoms with Crippen molar-refractivity contribution in [1.29, 1.82) is 0 Å². The fraction of sp³-hybridized carbons (Fsp3) is 0.792. The topological polar surface area (TPSA) is 108 Å². The van der Waals surface area contributed by atoms with E-state index in [4.69, 9.17) is 37.0 Å². The number of carbonyl (C=O) groups is 2. The summed E-state index contributed by atoms with van der Waals surface area (Å²) < 4.78 is 59.0. The van der Waals surface area contributed by atoms with Crippen LogP contribution in [0.25, 0.3) is 0 Å². The van der Waals surface area contributed by atoms with E-state index < -0.39 is 95.9 Å². The summed E-state index contributed by atoms with van der Waals surface area (Å²) in [5.41, 5.74) is -1.35. The molecule has 4 aliphatic carbocycles. The molecule has 0 aromatic heterocycles. The molecule has 3 saturated carbocycles. The lowest BCUT2D eigenvalue weighted by atomic mass is 9.44. The Hall–Kier alpha value is -1.69. The fourth-order valence-electron chi connectivity index (χ4n) is 12.5. The molecule has 61 heavy (non-hydrogen) atoms. The third-order valence-corrected chi connectivity index (χ3v) is 26.8. The van der Waals surface area contributed by atoms with Crippen LogP contribution in [0.5, 0.6) is 0 Å². The third-order valence-electron chi connectivity index (χ3n) is 16.7. The molecule has 7 rings (SSSR count). The molecular formula is C48H77O10Si3. The van der Waals surface area contributed by atoms with Crippen LogP contribution in [-0.2, 0) is 41.8 Å². The number of esters is 2. The fourth-order valence-corrected chi connectivity index (χ4v) is 19.5. The van der Waals surface area contributed by atoms with Crippen molar-refractivity contribution in [2.24, 2.45) is 22.7 Å². The second-order valence-corrected chi connectivity index (χ2v) is 32.2. The summed E-state index contributed by atoms with van der Waals surface area (Å²) in [4.78, 5) is 29.5. The van der Waals surface area contributed by atoms with E-state index in [-0.39, 0.29) is 24.6 Å². The van der Waals surface area contributed by atoms with Crippen molar-refractivity contribution in [3.05, 3.63) is 47.0 Å². The molecule has 2 heterocycles. The summed E-state index contributed by atoms with van der Waals surface area (Å²) in [6.45, 7) is 31.1. The van der Waals surface area contributed by atoms with Crippen molar-refractivity contribution in [2.75, 3.05) is 6.61 Å². The van der Waals surface area contributed by atoms with Crippen LogP contribution in [0.2, 0.25) is 49.4 Å². The largest absolute Gasteiger partial charge is 0.455 e. The molecule has 1 aromatic rings. The van der Waals surface area contributed by atoms with Crippen molar-refractivity contribution in [3.8, 4) is 0 Å². The first kappa shape index (κ1) is 47.3. The van der Waals surface area contributed by atoms with Crippen molar-refractivity contribution < 1.29 is 46.6 Å². The van der Waals surface area contributed by atoms with E-state index in [2.05, 4.69) is 82.3 Å². The first-order valence-electron chi connectivity index (χ1n) is 23.7. The SMILES string of the molecule is CC[Si](CC)(CC)O[C@H]1C[C@@]2(O[Si](C)C)[C@@H](OC(=O)c3ccccc3)[C@@H]3[C@]4(OC(=O)C5CC5)CO[C@@H]4C[C@H](O[Si](CC)(CC)CC)[C@@]3(C)[C@@H]3OC(C)(C)O[C@@H]3C(=C1C)C2(C)C. The summed E-state index contributed by atoms with van der Waals surface area (Å²) in [5, 5.41) is 0. The maximum absolute atomic E-state index is 15.1. The smallest absolute Gasteiger partial charge is 0.338 e. The average Bonchev–Trinajstić information content (AvgIpc) is 4.03. The maximum Gasteiger partial charge on any atom is 0.338 e. The van der Waals surface area contributed by atoms with Crippen molar-refractivity contribution in [3.63, 3.8) is 0 Å². The van der Waals surface area contributed by atoms with Gasteiger partial charge in [0.25, 0.3) is 0 Å². The van der Waals surface area contributed by atoms with Crippen LogP contribution >= 0.6 is 0 Å². The summed E-state index contributed by atoms with van der Waals surface area (Å²) in [5.74, 6) is -2.47.